The Hall–Kier alpha value is -2.46. The molecule has 0 aliphatic rings. The van der Waals surface area contributed by atoms with Crippen molar-refractivity contribution in [3.8, 4) is 11.5 Å². The van der Waals surface area contributed by atoms with Gasteiger partial charge in [0.2, 0.25) is 5.91 Å². The molecule has 2 rings (SSSR count). The number of aryl methyl sites for hydroxylation is 1. The summed E-state index contributed by atoms with van der Waals surface area (Å²) in [5.74, 6) is 1.08. The number of carbonyl (C=O) groups is 1. The van der Waals surface area contributed by atoms with E-state index in [1.807, 2.05) is 38.1 Å². The molecule has 0 unspecified atom stereocenters. The first-order valence-electron chi connectivity index (χ1n) is 7.59. The second-order valence-electron chi connectivity index (χ2n) is 5.13. The van der Waals surface area contributed by atoms with Crippen LogP contribution in [0.3, 0.4) is 0 Å². The monoisotopic (exact) mass is 345 g/mol. The van der Waals surface area contributed by atoms with Crippen LogP contribution in [0.5, 0.6) is 11.5 Å². The van der Waals surface area contributed by atoms with Crippen molar-refractivity contribution in [2.45, 2.75) is 13.8 Å². The number of ether oxygens (including phenoxy) is 2. The number of benzene rings is 2. The van der Waals surface area contributed by atoms with Crippen molar-refractivity contribution >= 4 is 29.3 Å². The quantitative estimate of drug-likeness (QED) is 0.771. The SMILES string of the molecule is CCOc1ccc(/C=C/C(=O)Nc2cc(Cl)ccc2C)cc1OC. The van der Waals surface area contributed by atoms with E-state index in [-0.39, 0.29) is 5.91 Å². The Balaban J connectivity index is 2.09. The Morgan fingerprint density at radius 1 is 1.21 bits per heavy atom. The summed E-state index contributed by atoms with van der Waals surface area (Å²) >= 11 is 5.95. The molecule has 0 heterocycles. The summed E-state index contributed by atoms with van der Waals surface area (Å²) in [6.07, 6.45) is 3.18. The lowest BCUT2D eigenvalue weighted by Crippen LogP contribution is -2.08. The molecule has 126 valence electrons. The molecule has 0 saturated heterocycles. The Morgan fingerprint density at radius 2 is 2.00 bits per heavy atom. The fraction of sp³-hybridized carbons (Fsp3) is 0.211. The van der Waals surface area contributed by atoms with Crippen molar-refractivity contribution in [1.82, 2.24) is 0 Å². The number of methoxy groups -OCH3 is 1. The van der Waals surface area contributed by atoms with Gasteiger partial charge in [-0.3, -0.25) is 4.79 Å². The van der Waals surface area contributed by atoms with Crippen molar-refractivity contribution < 1.29 is 14.3 Å². The van der Waals surface area contributed by atoms with Gasteiger partial charge in [-0.15, -0.1) is 0 Å². The van der Waals surface area contributed by atoms with Crippen LogP contribution in [-0.2, 0) is 4.79 Å². The lowest BCUT2D eigenvalue weighted by molar-refractivity contribution is -0.111. The van der Waals surface area contributed by atoms with Gasteiger partial charge < -0.3 is 14.8 Å². The topological polar surface area (TPSA) is 47.6 Å². The first-order chi connectivity index (χ1) is 11.5. The van der Waals surface area contributed by atoms with Crippen LogP contribution < -0.4 is 14.8 Å². The van der Waals surface area contributed by atoms with Crippen LogP contribution in [0.25, 0.3) is 6.08 Å². The second-order valence-corrected chi connectivity index (χ2v) is 5.56. The van der Waals surface area contributed by atoms with Gasteiger partial charge in [0.15, 0.2) is 11.5 Å². The van der Waals surface area contributed by atoms with Crippen LogP contribution in [0.2, 0.25) is 5.02 Å². The Kier molecular flexibility index (Phi) is 6.27. The van der Waals surface area contributed by atoms with E-state index in [1.54, 1.807) is 25.3 Å². The van der Waals surface area contributed by atoms with Crippen LogP contribution in [0.15, 0.2) is 42.5 Å². The molecule has 1 N–H and O–H groups in total. The number of anilines is 1. The zero-order chi connectivity index (χ0) is 17.5. The predicted octanol–water partition coefficient (Wildman–Crippen LogP) is 4.71. The van der Waals surface area contributed by atoms with Crippen molar-refractivity contribution in [2.75, 3.05) is 19.0 Å². The molecule has 0 radical (unpaired) electrons. The number of carbonyl (C=O) groups excluding carboxylic acids is 1. The Bertz CT molecular complexity index is 756. The van der Waals surface area contributed by atoms with Crippen LogP contribution in [-0.4, -0.2) is 19.6 Å². The maximum atomic E-state index is 12.1. The summed E-state index contributed by atoms with van der Waals surface area (Å²) in [7, 11) is 1.58. The molecule has 0 aromatic heterocycles. The minimum atomic E-state index is -0.229. The molecule has 1 amide bonds. The highest BCUT2D eigenvalue weighted by molar-refractivity contribution is 6.31. The van der Waals surface area contributed by atoms with E-state index >= 15 is 0 Å². The molecule has 0 bridgehead atoms. The van der Waals surface area contributed by atoms with Gasteiger partial charge in [0.05, 0.1) is 13.7 Å². The highest BCUT2D eigenvalue weighted by Crippen LogP contribution is 2.28. The van der Waals surface area contributed by atoms with Crippen LogP contribution in [0.1, 0.15) is 18.1 Å². The standard InChI is InChI=1S/C19H20ClNO3/c1-4-24-17-9-6-14(11-18(17)23-3)7-10-19(22)21-16-12-15(20)8-5-13(16)2/h5-12H,4H2,1-3H3,(H,21,22)/b10-7+. The summed E-state index contributed by atoms with van der Waals surface area (Å²) < 4.78 is 10.8. The maximum absolute atomic E-state index is 12.1. The second kappa shape index (κ2) is 8.41. The minimum absolute atomic E-state index is 0.229. The largest absolute Gasteiger partial charge is 0.493 e. The first-order valence-corrected chi connectivity index (χ1v) is 7.97. The van der Waals surface area contributed by atoms with E-state index < -0.39 is 0 Å². The van der Waals surface area contributed by atoms with Gasteiger partial charge in [0.1, 0.15) is 0 Å². The van der Waals surface area contributed by atoms with E-state index in [1.165, 1.54) is 6.08 Å². The number of hydrogen-bond acceptors (Lipinski definition) is 3. The van der Waals surface area contributed by atoms with Gasteiger partial charge in [-0.1, -0.05) is 23.7 Å². The highest BCUT2D eigenvalue weighted by atomic mass is 35.5. The Morgan fingerprint density at radius 3 is 2.71 bits per heavy atom. The fourth-order valence-corrected chi connectivity index (χ4v) is 2.31. The minimum Gasteiger partial charge on any atom is -0.493 e. The molecular formula is C19H20ClNO3. The van der Waals surface area contributed by atoms with Crippen LogP contribution >= 0.6 is 11.6 Å². The van der Waals surface area contributed by atoms with Gasteiger partial charge in [0.25, 0.3) is 0 Å². The number of amides is 1. The van der Waals surface area contributed by atoms with Gasteiger partial charge in [-0.25, -0.2) is 0 Å². The third-order valence-electron chi connectivity index (χ3n) is 3.37. The molecule has 4 nitrogen and oxygen atoms in total. The summed E-state index contributed by atoms with van der Waals surface area (Å²) in [4.78, 5) is 12.1. The lowest BCUT2D eigenvalue weighted by Gasteiger charge is -2.09. The number of nitrogens with one attached hydrogen (secondary N) is 1. The summed E-state index contributed by atoms with van der Waals surface area (Å²) in [5.41, 5.74) is 2.48. The Labute approximate surface area is 147 Å². The maximum Gasteiger partial charge on any atom is 0.248 e. The van der Waals surface area contributed by atoms with Crippen LogP contribution in [0, 0.1) is 6.92 Å². The third-order valence-corrected chi connectivity index (χ3v) is 3.61. The van der Waals surface area contributed by atoms with Gasteiger partial charge in [-0.2, -0.15) is 0 Å². The molecule has 0 fully saturated rings. The van der Waals surface area contributed by atoms with E-state index in [9.17, 15) is 4.79 Å². The van der Waals surface area contributed by atoms with E-state index in [0.29, 0.717) is 28.8 Å². The van der Waals surface area contributed by atoms with Gasteiger partial charge in [0, 0.05) is 16.8 Å². The average Bonchev–Trinajstić information content (AvgIpc) is 2.57. The molecular weight excluding hydrogens is 326 g/mol. The van der Waals surface area contributed by atoms with Crippen molar-refractivity contribution in [3.05, 3.63) is 58.6 Å². The smallest absolute Gasteiger partial charge is 0.248 e. The fourth-order valence-electron chi connectivity index (χ4n) is 2.14. The number of halogens is 1. The van der Waals surface area contributed by atoms with Crippen LogP contribution in [0.4, 0.5) is 5.69 Å². The highest BCUT2D eigenvalue weighted by Gasteiger charge is 2.05. The zero-order valence-electron chi connectivity index (χ0n) is 13.9. The lowest BCUT2D eigenvalue weighted by atomic mass is 10.1. The molecule has 0 atom stereocenters. The third kappa shape index (κ3) is 4.77. The van der Waals surface area contributed by atoms with E-state index in [4.69, 9.17) is 21.1 Å². The molecule has 0 saturated carbocycles. The molecule has 0 spiro atoms. The van der Waals surface area contributed by atoms with Crippen molar-refractivity contribution in [2.24, 2.45) is 0 Å². The summed E-state index contributed by atoms with van der Waals surface area (Å²) in [5, 5.41) is 3.40. The number of hydrogen-bond donors (Lipinski definition) is 1. The molecule has 5 heteroatoms. The first kappa shape index (κ1) is 17.9. The average molecular weight is 346 g/mol. The molecule has 2 aromatic carbocycles. The van der Waals surface area contributed by atoms with Crippen molar-refractivity contribution in [1.29, 1.82) is 0 Å². The van der Waals surface area contributed by atoms with Gasteiger partial charge in [-0.05, 0) is 55.3 Å². The molecule has 2 aromatic rings. The van der Waals surface area contributed by atoms with Gasteiger partial charge >= 0.3 is 0 Å². The predicted molar refractivity (Wildman–Crippen MR) is 98.0 cm³/mol. The number of rotatable bonds is 6. The summed E-state index contributed by atoms with van der Waals surface area (Å²) in [6, 6.07) is 10.9. The zero-order valence-corrected chi connectivity index (χ0v) is 14.7. The molecule has 0 aliphatic heterocycles. The molecule has 24 heavy (non-hydrogen) atoms. The van der Waals surface area contributed by atoms with Crippen molar-refractivity contribution in [3.63, 3.8) is 0 Å². The summed E-state index contributed by atoms with van der Waals surface area (Å²) in [6.45, 7) is 4.38. The van der Waals surface area contributed by atoms with E-state index in [2.05, 4.69) is 5.32 Å². The normalized spacial score (nSPS) is 10.7. The van der Waals surface area contributed by atoms with E-state index in [0.717, 1.165) is 11.1 Å². The molecule has 0 aliphatic carbocycles.